The van der Waals surface area contributed by atoms with Crippen LogP contribution < -0.4 is 10.9 Å². The Labute approximate surface area is 157 Å². The lowest BCUT2D eigenvalue weighted by Gasteiger charge is -2.17. The minimum Gasteiger partial charge on any atom is -0.504 e. The monoisotopic (exact) mass is 392 g/mol. The highest BCUT2D eigenvalue weighted by Crippen LogP contribution is 2.29. The van der Waals surface area contributed by atoms with E-state index in [0.29, 0.717) is 16.1 Å². The van der Waals surface area contributed by atoms with E-state index in [-0.39, 0.29) is 11.7 Å². The molecule has 142 valence electrons. The van der Waals surface area contributed by atoms with Crippen molar-refractivity contribution in [3.63, 3.8) is 0 Å². The second-order valence-electron chi connectivity index (χ2n) is 6.38. The molecule has 0 aliphatic rings. The van der Waals surface area contributed by atoms with Crippen molar-refractivity contribution in [2.45, 2.75) is 26.8 Å². The number of aromatic hydroxyl groups is 1. The van der Waals surface area contributed by atoms with Crippen LogP contribution in [-0.2, 0) is 4.79 Å². The summed E-state index contributed by atoms with van der Waals surface area (Å²) in [6.45, 7) is 4.60. The molecule has 27 heavy (non-hydrogen) atoms. The number of fused-ring (bicyclic) bond motifs is 3. The van der Waals surface area contributed by atoms with E-state index in [1.807, 2.05) is 0 Å². The molecule has 0 aliphatic carbocycles. The normalized spacial score (nSPS) is 11.4. The number of carbonyl (C=O) groups excluding carboxylic acids is 1. The summed E-state index contributed by atoms with van der Waals surface area (Å²) in [5.41, 5.74) is 0.431. The third-order valence-electron chi connectivity index (χ3n) is 4.11. The largest absolute Gasteiger partial charge is 0.504 e. The molecule has 0 saturated heterocycles. The van der Waals surface area contributed by atoms with Crippen molar-refractivity contribution in [3.05, 3.63) is 38.6 Å². The molecule has 0 bridgehead atoms. The number of carboxylic acid groups (broad SMARTS) is 1. The van der Waals surface area contributed by atoms with Crippen molar-refractivity contribution in [2.24, 2.45) is 0 Å². The van der Waals surface area contributed by atoms with Crippen LogP contribution in [0, 0.1) is 6.92 Å². The van der Waals surface area contributed by atoms with Gasteiger partial charge >= 0.3 is 5.97 Å². The SMILES string of the molecule is Cc1cc2c(cc1Cl)nc1c(O)c(C(=O)NCC(=O)O)c(=O)n(C(C)C)n12. The van der Waals surface area contributed by atoms with Gasteiger partial charge in [-0.15, -0.1) is 0 Å². The zero-order valence-corrected chi connectivity index (χ0v) is 15.5. The zero-order valence-electron chi connectivity index (χ0n) is 14.8. The lowest BCUT2D eigenvalue weighted by atomic mass is 10.2. The third kappa shape index (κ3) is 2.99. The number of halogens is 1. The topological polar surface area (TPSA) is 126 Å². The maximum atomic E-state index is 12.9. The van der Waals surface area contributed by atoms with Gasteiger partial charge in [0.2, 0.25) is 0 Å². The Bertz CT molecular complexity index is 1160. The molecule has 1 aromatic carbocycles. The fourth-order valence-electron chi connectivity index (χ4n) is 2.89. The first kappa shape index (κ1) is 18.7. The van der Waals surface area contributed by atoms with Crippen LogP contribution in [0.5, 0.6) is 5.75 Å². The number of hydrogen-bond acceptors (Lipinski definition) is 5. The van der Waals surface area contributed by atoms with Crippen molar-refractivity contribution in [1.29, 1.82) is 0 Å². The Balaban J connectivity index is 2.41. The lowest BCUT2D eigenvalue weighted by molar-refractivity contribution is -0.135. The predicted molar refractivity (Wildman–Crippen MR) is 98.7 cm³/mol. The smallest absolute Gasteiger partial charge is 0.322 e. The summed E-state index contributed by atoms with van der Waals surface area (Å²) in [5, 5.41) is 21.9. The van der Waals surface area contributed by atoms with Crippen LogP contribution in [0.25, 0.3) is 16.7 Å². The number of benzene rings is 1. The second kappa shape index (κ2) is 6.58. The van der Waals surface area contributed by atoms with E-state index in [1.165, 1.54) is 9.20 Å². The number of nitrogens with one attached hydrogen (secondary N) is 1. The Morgan fingerprint density at radius 2 is 2.00 bits per heavy atom. The van der Waals surface area contributed by atoms with E-state index >= 15 is 0 Å². The van der Waals surface area contributed by atoms with Crippen LogP contribution in [0.4, 0.5) is 0 Å². The summed E-state index contributed by atoms with van der Waals surface area (Å²) in [5.74, 6) is -2.88. The van der Waals surface area contributed by atoms with Crippen LogP contribution in [0.15, 0.2) is 16.9 Å². The number of imidazole rings is 1. The summed E-state index contributed by atoms with van der Waals surface area (Å²) in [6, 6.07) is 2.97. The second-order valence-corrected chi connectivity index (χ2v) is 6.79. The zero-order chi connectivity index (χ0) is 20.0. The highest BCUT2D eigenvalue weighted by atomic mass is 35.5. The standard InChI is InChI=1S/C17H17ClN4O5/c1-7(2)21-17(27)13(16(26)19-6-12(23)24)14(25)15-20-10-5-9(18)8(3)4-11(10)22(15)21/h4-5,7,25H,6H2,1-3H3,(H,19,26)(H,23,24). The number of carboxylic acids is 1. The van der Waals surface area contributed by atoms with Gasteiger partial charge in [-0.2, -0.15) is 0 Å². The van der Waals surface area contributed by atoms with Crippen molar-refractivity contribution < 1.29 is 19.8 Å². The Kier molecular flexibility index (Phi) is 4.56. The van der Waals surface area contributed by atoms with Gasteiger partial charge in [0.25, 0.3) is 11.5 Å². The number of aryl methyl sites for hydroxylation is 1. The first-order chi connectivity index (χ1) is 12.6. The first-order valence-electron chi connectivity index (χ1n) is 8.09. The number of hydrogen-bond donors (Lipinski definition) is 3. The number of aromatic nitrogens is 3. The Morgan fingerprint density at radius 1 is 1.33 bits per heavy atom. The quantitative estimate of drug-likeness (QED) is 0.620. The molecule has 10 heteroatoms. The molecule has 0 saturated carbocycles. The fourth-order valence-corrected chi connectivity index (χ4v) is 3.05. The summed E-state index contributed by atoms with van der Waals surface area (Å²) >= 11 is 6.14. The maximum Gasteiger partial charge on any atom is 0.322 e. The molecule has 3 rings (SSSR count). The molecule has 1 amide bonds. The van der Waals surface area contributed by atoms with Crippen molar-refractivity contribution >= 4 is 40.2 Å². The van der Waals surface area contributed by atoms with Crippen LogP contribution in [0.1, 0.15) is 35.8 Å². The van der Waals surface area contributed by atoms with Gasteiger partial charge in [-0.3, -0.25) is 14.4 Å². The average molecular weight is 393 g/mol. The van der Waals surface area contributed by atoms with Crippen LogP contribution in [0.2, 0.25) is 5.02 Å². The molecular weight excluding hydrogens is 376 g/mol. The molecule has 2 heterocycles. The third-order valence-corrected chi connectivity index (χ3v) is 4.52. The van der Waals surface area contributed by atoms with Gasteiger partial charge in [-0.05, 0) is 38.5 Å². The predicted octanol–water partition coefficient (Wildman–Crippen LogP) is 1.71. The highest BCUT2D eigenvalue weighted by Gasteiger charge is 2.26. The molecule has 2 aromatic heterocycles. The molecule has 0 unspecified atom stereocenters. The van der Waals surface area contributed by atoms with Gasteiger partial charge in [-0.25, -0.2) is 14.2 Å². The van der Waals surface area contributed by atoms with Crippen molar-refractivity contribution in [3.8, 4) is 5.75 Å². The van der Waals surface area contributed by atoms with E-state index < -0.39 is 35.3 Å². The Morgan fingerprint density at radius 3 is 2.59 bits per heavy atom. The molecular formula is C17H17ClN4O5. The van der Waals surface area contributed by atoms with Crippen LogP contribution in [-0.4, -0.2) is 42.8 Å². The summed E-state index contributed by atoms with van der Waals surface area (Å²) in [4.78, 5) is 40.3. The van der Waals surface area contributed by atoms with E-state index in [2.05, 4.69) is 10.3 Å². The molecule has 0 spiro atoms. The number of carbonyl (C=O) groups is 2. The lowest BCUT2D eigenvalue weighted by Crippen LogP contribution is -2.38. The number of rotatable bonds is 4. The molecule has 3 aromatic rings. The minimum absolute atomic E-state index is 0.000409. The van der Waals surface area contributed by atoms with Crippen molar-refractivity contribution in [1.82, 2.24) is 19.5 Å². The summed E-state index contributed by atoms with van der Waals surface area (Å²) < 4.78 is 2.72. The van der Waals surface area contributed by atoms with Gasteiger partial charge in [-0.1, -0.05) is 11.6 Å². The molecule has 9 nitrogen and oxygen atoms in total. The maximum absolute atomic E-state index is 12.9. The van der Waals surface area contributed by atoms with E-state index in [1.54, 1.807) is 32.9 Å². The number of nitrogens with zero attached hydrogens (tertiary/aromatic N) is 3. The average Bonchev–Trinajstić information content (AvgIpc) is 2.92. The van der Waals surface area contributed by atoms with E-state index in [0.717, 1.165) is 5.56 Å². The van der Waals surface area contributed by atoms with E-state index in [4.69, 9.17) is 16.7 Å². The minimum atomic E-state index is -1.27. The van der Waals surface area contributed by atoms with Gasteiger partial charge in [0.1, 0.15) is 6.54 Å². The molecule has 0 radical (unpaired) electrons. The number of aliphatic carboxylic acids is 1. The summed E-state index contributed by atoms with van der Waals surface area (Å²) in [6.07, 6.45) is 0. The summed E-state index contributed by atoms with van der Waals surface area (Å²) in [7, 11) is 0. The molecule has 0 aliphatic heterocycles. The fraction of sp³-hybridized carbons (Fsp3) is 0.294. The number of amides is 1. The highest BCUT2D eigenvalue weighted by molar-refractivity contribution is 6.32. The van der Waals surface area contributed by atoms with Crippen molar-refractivity contribution in [2.75, 3.05) is 6.54 Å². The van der Waals surface area contributed by atoms with Gasteiger partial charge < -0.3 is 15.5 Å². The van der Waals surface area contributed by atoms with Gasteiger partial charge in [0.15, 0.2) is 17.0 Å². The molecule has 0 fully saturated rings. The van der Waals surface area contributed by atoms with Crippen LogP contribution >= 0.6 is 11.6 Å². The Hall–Kier alpha value is -3.07. The van der Waals surface area contributed by atoms with Gasteiger partial charge in [0, 0.05) is 11.1 Å². The molecule has 0 atom stereocenters. The van der Waals surface area contributed by atoms with Gasteiger partial charge in [0.05, 0.1) is 11.0 Å². The van der Waals surface area contributed by atoms with E-state index in [9.17, 15) is 19.5 Å². The van der Waals surface area contributed by atoms with Crippen LogP contribution in [0.3, 0.4) is 0 Å². The molecule has 3 N–H and O–H groups in total. The first-order valence-corrected chi connectivity index (χ1v) is 8.47.